The number of hydrogen-bond acceptors (Lipinski definition) is 8. The molecule has 3 atom stereocenters. The summed E-state index contributed by atoms with van der Waals surface area (Å²) in [6, 6.07) is 11.2. The van der Waals surface area contributed by atoms with Crippen LogP contribution in [0.1, 0.15) is 104 Å². The predicted molar refractivity (Wildman–Crippen MR) is 178 cm³/mol. The molecule has 0 bridgehead atoms. The van der Waals surface area contributed by atoms with E-state index in [0.29, 0.717) is 17.8 Å². The van der Waals surface area contributed by atoms with Gasteiger partial charge in [0.05, 0.1) is 33.7 Å². The highest BCUT2D eigenvalue weighted by Crippen LogP contribution is 2.38. The Bertz CT molecular complexity index is 1380. The van der Waals surface area contributed by atoms with Crippen LogP contribution < -0.4 is 10.6 Å². The molecule has 2 aliphatic carbocycles. The summed E-state index contributed by atoms with van der Waals surface area (Å²) < 4.78 is 0. The van der Waals surface area contributed by atoms with E-state index in [1.807, 2.05) is 5.51 Å². The minimum absolute atomic E-state index is 0.109. The number of anilines is 2. The summed E-state index contributed by atoms with van der Waals surface area (Å²) in [4.78, 5) is 30.5. The molecule has 1 saturated carbocycles. The number of nitrogens with zero attached hydrogens (tertiary/aromatic N) is 4. The molecular weight excluding hydrogens is 568 g/mol. The van der Waals surface area contributed by atoms with Crippen molar-refractivity contribution in [1.29, 1.82) is 0 Å². The molecule has 9 heteroatoms. The lowest BCUT2D eigenvalue weighted by Gasteiger charge is -2.34. The van der Waals surface area contributed by atoms with Gasteiger partial charge in [0.1, 0.15) is 5.82 Å². The second-order valence-electron chi connectivity index (χ2n) is 13.1. The van der Waals surface area contributed by atoms with Crippen LogP contribution >= 0.6 is 11.3 Å². The van der Waals surface area contributed by atoms with Crippen LogP contribution in [0.2, 0.25) is 0 Å². The van der Waals surface area contributed by atoms with Crippen LogP contribution in [0, 0.1) is 18.8 Å². The molecule has 1 aromatic carbocycles. The van der Waals surface area contributed by atoms with E-state index in [-0.39, 0.29) is 18.0 Å². The van der Waals surface area contributed by atoms with Gasteiger partial charge in [0.2, 0.25) is 5.95 Å². The average molecular weight is 617 g/mol. The number of carboxylic acids is 1. The summed E-state index contributed by atoms with van der Waals surface area (Å²) in [6.45, 7) is 7.56. The molecule has 3 aliphatic rings. The molecular formula is C35H48N6O2S. The van der Waals surface area contributed by atoms with Crippen molar-refractivity contribution >= 4 is 29.1 Å². The smallest absolute Gasteiger partial charge is 0.306 e. The zero-order valence-electron chi connectivity index (χ0n) is 26.3. The van der Waals surface area contributed by atoms with Crippen molar-refractivity contribution in [2.45, 2.75) is 102 Å². The molecule has 1 saturated heterocycles. The van der Waals surface area contributed by atoms with E-state index in [1.165, 1.54) is 35.3 Å². The SMILES string of the molecule is CC[C@@H](Nc1nc2c(c(N[C@@H](CN3CCCCC3)c3scnc3C)n1)C[C@H](c1ccccc1)CC2)C1CCC(C(=O)O)CC1. The van der Waals surface area contributed by atoms with Gasteiger partial charge in [0.25, 0.3) is 0 Å². The number of carbonyl (C=O) groups is 1. The van der Waals surface area contributed by atoms with Gasteiger partial charge < -0.3 is 20.6 Å². The molecule has 0 unspecified atom stereocenters. The van der Waals surface area contributed by atoms with E-state index in [1.54, 1.807) is 11.3 Å². The summed E-state index contributed by atoms with van der Waals surface area (Å²) in [5.41, 5.74) is 6.85. The second kappa shape index (κ2) is 14.4. The first kappa shape index (κ1) is 31.0. The molecule has 3 heterocycles. The van der Waals surface area contributed by atoms with E-state index in [4.69, 9.17) is 9.97 Å². The van der Waals surface area contributed by atoms with Gasteiger partial charge in [0.15, 0.2) is 0 Å². The van der Waals surface area contributed by atoms with Crippen molar-refractivity contribution in [2.75, 3.05) is 30.3 Å². The van der Waals surface area contributed by atoms with E-state index in [9.17, 15) is 9.90 Å². The topological polar surface area (TPSA) is 103 Å². The maximum Gasteiger partial charge on any atom is 0.306 e. The molecule has 44 heavy (non-hydrogen) atoms. The Hall–Kier alpha value is -3.04. The van der Waals surface area contributed by atoms with Crippen LogP contribution in [0.3, 0.4) is 0 Å². The monoisotopic (exact) mass is 616 g/mol. The standard InChI is InChI=1S/C35H48N6O2S/c1-3-29(25-12-14-26(15-13-25)34(42)43)38-35-39-30-17-16-27(24-10-6-4-7-11-24)20-28(30)33(40-35)37-31(32-23(2)36-22-44-32)21-41-18-8-5-9-19-41/h4,6-7,10-11,22,25-27,29,31H,3,5,8-9,12-21H2,1-2H3,(H,42,43)(H2,37,38,39,40)/t25?,26?,27-,29-,31+/m1/s1. The summed E-state index contributed by atoms with van der Waals surface area (Å²) in [7, 11) is 0. The fraction of sp³-hybridized carbons (Fsp3) is 0.600. The van der Waals surface area contributed by atoms with Gasteiger partial charge in [-0.05, 0) is 102 Å². The van der Waals surface area contributed by atoms with E-state index in [2.05, 4.69) is 64.7 Å². The Labute approximate surface area is 266 Å². The molecule has 236 valence electrons. The minimum Gasteiger partial charge on any atom is -0.481 e. The molecule has 2 fully saturated rings. The Morgan fingerprint density at radius 1 is 1.05 bits per heavy atom. The molecule has 0 spiro atoms. The lowest BCUT2D eigenvalue weighted by atomic mass is 9.78. The van der Waals surface area contributed by atoms with Crippen LogP contribution in [0.5, 0.6) is 0 Å². The summed E-state index contributed by atoms with van der Waals surface area (Å²) in [5.74, 6) is 1.68. The van der Waals surface area contributed by atoms with Gasteiger partial charge in [0, 0.05) is 18.2 Å². The molecule has 0 amide bonds. The van der Waals surface area contributed by atoms with Gasteiger partial charge in [-0.15, -0.1) is 11.3 Å². The average Bonchev–Trinajstić information content (AvgIpc) is 3.49. The van der Waals surface area contributed by atoms with Gasteiger partial charge >= 0.3 is 5.97 Å². The van der Waals surface area contributed by atoms with Gasteiger partial charge in [-0.3, -0.25) is 4.79 Å². The Morgan fingerprint density at radius 3 is 2.50 bits per heavy atom. The maximum absolute atomic E-state index is 11.6. The van der Waals surface area contributed by atoms with Crippen molar-refractivity contribution in [3.05, 3.63) is 63.2 Å². The number of benzene rings is 1. The Morgan fingerprint density at radius 2 is 1.82 bits per heavy atom. The third kappa shape index (κ3) is 7.26. The number of piperidine rings is 1. The van der Waals surface area contributed by atoms with E-state index < -0.39 is 5.97 Å². The van der Waals surface area contributed by atoms with Crippen LogP contribution in [0.4, 0.5) is 11.8 Å². The fourth-order valence-electron chi connectivity index (χ4n) is 7.70. The van der Waals surface area contributed by atoms with Crippen molar-refractivity contribution in [1.82, 2.24) is 19.9 Å². The third-order valence-corrected chi connectivity index (χ3v) is 11.3. The number of likely N-dealkylation sites (tertiary alicyclic amines) is 1. The summed E-state index contributed by atoms with van der Waals surface area (Å²) in [5, 5.41) is 17.2. The number of aromatic nitrogens is 3. The number of rotatable bonds is 11. The first-order valence-corrected chi connectivity index (χ1v) is 17.7. The zero-order valence-corrected chi connectivity index (χ0v) is 27.1. The number of carboxylic acid groups (broad SMARTS) is 1. The predicted octanol–water partition coefficient (Wildman–Crippen LogP) is 7.23. The molecule has 8 nitrogen and oxygen atoms in total. The van der Waals surface area contributed by atoms with Gasteiger partial charge in [-0.2, -0.15) is 4.98 Å². The molecule has 2 aromatic heterocycles. The van der Waals surface area contributed by atoms with Crippen molar-refractivity contribution in [3.8, 4) is 0 Å². The first-order valence-electron chi connectivity index (χ1n) is 16.8. The highest BCUT2D eigenvalue weighted by Gasteiger charge is 2.32. The van der Waals surface area contributed by atoms with Gasteiger partial charge in [-0.1, -0.05) is 43.7 Å². The molecule has 1 aliphatic heterocycles. The normalized spacial score (nSPS) is 23.8. The number of aliphatic carboxylic acids is 1. The molecule has 3 N–H and O–H groups in total. The number of hydrogen-bond donors (Lipinski definition) is 3. The number of aryl methyl sites for hydroxylation is 2. The Kier molecular flexibility index (Phi) is 10.1. The number of thiazole rings is 1. The van der Waals surface area contributed by atoms with Gasteiger partial charge in [-0.25, -0.2) is 9.97 Å². The molecule has 3 aromatic rings. The Balaban J connectivity index is 1.30. The number of fused-ring (bicyclic) bond motifs is 1. The van der Waals surface area contributed by atoms with Crippen LogP contribution in [0.15, 0.2) is 35.8 Å². The zero-order chi connectivity index (χ0) is 30.5. The quantitative estimate of drug-likeness (QED) is 0.207. The lowest BCUT2D eigenvalue weighted by molar-refractivity contribution is -0.143. The minimum atomic E-state index is -0.651. The second-order valence-corrected chi connectivity index (χ2v) is 14.0. The van der Waals surface area contributed by atoms with Crippen LogP contribution in [0.25, 0.3) is 0 Å². The van der Waals surface area contributed by atoms with Crippen LogP contribution in [-0.2, 0) is 17.6 Å². The van der Waals surface area contributed by atoms with E-state index >= 15 is 0 Å². The lowest BCUT2D eigenvalue weighted by Crippen LogP contribution is -2.36. The molecule has 0 radical (unpaired) electrons. The first-order chi connectivity index (χ1) is 21.5. The highest BCUT2D eigenvalue weighted by atomic mass is 32.1. The summed E-state index contributed by atoms with van der Waals surface area (Å²) in [6.07, 6.45) is 11.1. The third-order valence-electron chi connectivity index (χ3n) is 10.3. The number of nitrogens with one attached hydrogen (secondary N) is 2. The fourth-order valence-corrected chi connectivity index (χ4v) is 8.54. The largest absolute Gasteiger partial charge is 0.481 e. The van der Waals surface area contributed by atoms with Crippen molar-refractivity contribution in [3.63, 3.8) is 0 Å². The van der Waals surface area contributed by atoms with Crippen molar-refractivity contribution < 1.29 is 9.90 Å². The van der Waals surface area contributed by atoms with E-state index in [0.717, 1.165) is 88.2 Å². The maximum atomic E-state index is 11.6. The highest BCUT2D eigenvalue weighted by molar-refractivity contribution is 7.09. The van der Waals surface area contributed by atoms with Crippen LogP contribution in [-0.4, -0.2) is 56.6 Å². The molecule has 6 rings (SSSR count). The summed E-state index contributed by atoms with van der Waals surface area (Å²) >= 11 is 1.74. The van der Waals surface area contributed by atoms with Crippen molar-refractivity contribution in [2.24, 2.45) is 11.8 Å².